The van der Waals surface area contributed by atoms with Crippen LogP contribution in [0.1, 0.15) is 16.7 Å². The molecule has 2 aromatic rings. The van der Waals surface area contributed by atoms with Gasteiger partial charge in [-0.2, -0.15) is 0 Å². The van der Waals surface area contributed by atoms with Gasteiger partial charge in [-0.1, -0.05) is 22.9 Å². The van der Waals surface area contributed by atoms with Crippen LogP contribution in [0.4, 0.5) is 0 Å². The van der Waals surface area contributed by atoms with E-state index < -0.39 is 0 Å². The molecule has 0 spiro atoms. The van der Waals surface area contributed by atoms with Crippen LogP contribution in [0.5, 0.6) is 17.2 Å². The Morgan fingerprint density at radius 3 is 2.43 bits per heavy atom. The van der Waals surface area contributed by atoms with Crippen molar-refractivity contribution in [2.75, 3.05) is 21.3 Å². The summed E-state index contributed by atoms with van der Waals surface area (Å²) in [7, 11) is 4.82. The highest BCUT2D eigenvalue weighted by Crippen LogP contribution is 2.29. The van der Waals surface area contributed by atoms with Gasteiger partial charge in [0.15, 0.2) is 11.5 Å². The van der Waals surface area contributed by atoms with Crippen molar-refractivity contribution in [3.8, 4) is 17.2 Å². The number of nitrogens with zero attached hydrogens (tertiary/aromatic N) is 1. The first-order valence-corrected chi connectivity index (χ1v) is 7.19. The molecule has 0 saturated heterocycles. The summed E-state index contributed by atoms with van der Waals surface area (Å²) in [6.07, 6.45) is 1.60. The molecule has 2 rings (SSSR count). The van der Waals surface area contributed by atoms with E-state index in [1.54, 1.807) is 27.5 Å². The standard InChI is InChI=1S/C18H21NO4/c1-13-8-9-16(20-2)15(10-13)12-23-19-11-14-6-5-7-17(21-3)18(14)22-4/h5-11H,12H2,1-4H3. The van der Waals surface area contributed by atoms with Crippen molar-refractivity contribution in [3.63, 3.8) is 0 Å². The normalized spacial score (nSPS) is 10.6. The third kappa shape index (κ3) is 4.16. The van der Waals surface area contributed by atoms with Crippen LogP contribution in [0.15, 0.2) is 41.6 Å². The highest BCUT2D eigenvalue weighted by Gasteiger charge is 2.07. The fourth-order valence-corrected chi connectivity index (χ4v) is 2.23. The van der Waals surface area contributed by atoms with Crippen molar-refractivity contribution in [2.24, 2.45) is 5.16 Å². The Morgan fingerprint density at radius 1 is 0.957 bits per heavy atom. The zero-order valence-electron chi connectivity index (χ0n) is 13.8. The summed E-state index contributed by atoms with van der Waals surface area (Å²) in [4.78, 5) is 5.39. The summed E-state index contributed by atoms with van der Waals surface area (Å²) >= 11 is 0. The molecule has 0 aliphatic carbocycles. The largest absolute Gasteiger partial charge is 0.496 e. The summed E-state index contributed by atoms with van der Waals surface area (Å²) in [6.45, 7) is 2.35. The van der Waals surface area contributed by atoms with Crippen LogP contribution in [-0.4, -0.2) is 27.5 Å². The van der Waals surface area contributed by atoms with E-state index >= 15 is 0 Å². The van der Waals surface area contributed by atoms with Gasteiger partial charge in [0.25, 0.3) is 0 Å². The Morgan fingerprint density at radius 2 is 1.74 bits per heavy atom. The molecule has 0 N–H and O–H groups in total. The Kier molecular flexibility index (Phi) is 5.86. The van der Waals surface area contributed by atoms with Crippen molar-refractivity contribution >= 4 is 6.21 Å². The Balaban J connectivity index is 2.07. The second-order valence-corrected chi connectivity index (χ2v) is 4.91. The molecule has 0 amide bonds. The molecule has 0 radical (unpaired) electrons. The number of hydrogen-bond acceptors (Lipinski definition) is 5. The van der Waals surface area contributed by atoms with Crippen molar-refractivity contribution in [2.45, 2.75) is 13.5 Å². The Hall–Kier alpha value is -2.69. The van der Waals surface area contributed by atoms with Crippen LogP contribution in [0.25, 0.3) is 0 Å². The summed E-state index contributed by atoms with van der Waals surface area (Å²) in [5.41, 5.74) is 2.87. The first-order chi connectivity index (χ1) is 11.2. The van der Waals surface area contributed by atoms with E-state index in [1.165, 1.54) is 0 Å². The summed E-state index contributed by atoms with van der Waals surface area (Å²) in [6, 6.07) is 11.5. The number of hydrogen-bond donors (Lipinski definition) is 0. The molecular weight excluding hydrogens is 294 g/mol. The zero-order chi connectivity index (χ0) is 16.7. The van der Waals surface area contributed by atoms with Crippen molar-refractivity contribution in [3.05, 3.63) is 53.1 Å². The lowest BCUT2D eigenvalue weighted by atomic mass is 10.1. The topological polar surface area (TPSA) is 49.3 Å². The zero-order valence-corrected chi connectivity index (χ0v) is 13.8. The van der Waals surface area contributed by atoms with Crippen molar-refractivity contribution in [1.29, 1.82) is 0 Å². The predicted octanol–water partition coefficient (Wildman–Crippen LogP) is 3.57. The minimum absolute atomic E-state index is 0.327. The van der Waals surface area contributed by atoms with Gasteiger partial charge in [0, 0.05) is 11.1 Å². The smallest absolute Gasteiger partial charge is 0.169 e. The van der Waals surface area contributed by atoms with E-state index in [4.69, 9.17) is 19.0 Å². The van der Waals surface area contributed by atoms with Crippen LogP contribution in [0, 0.1) is 6.92 Å². The molecule has 0 heterocycles. The number of ether oxygens (including phenoxy) is 3. The minimum atomic E-state index is 0.327. The van der Waals surface area contributed by atoms with Gasteiger partial charge < -0.3 is 19.0 Å². The lowest BCUT2D eigenvalue weighted by molar-refractivity contribution is 0.130. The molecule has 0 bridgehead atoms. The SMILES string of the molecule is COc1ccc(C)cc1CON=Cc1cccc(OC)c1OC. The van der Waals surface area contributed by atoms with Crippen molar-refractivity contribution in [1.82, 2.24) is 0 Å². The van der Waals surface area contributed by atoms with Gasteiger partial charge in [0.2, 0.25) is 0 Å². The number of aryl methyl sites for hydroxylation is 1. The second-order valence-electron chi connectivity index (χ2n) is 4.91. The van der Waals surface area contributed by atoms with Crippen LogP contribution >= 0.6 is 0 Å². The Labute approximate surface area is 136 Å². The average Bonchev–Trinajstić information content (AvgIpc) is 2.58. The summed E-state index contributed by atoms with van der Waals surface area (Å²) in [5.74, 6) is 2.05. The summed E-state index contributed by atoms with van der Waals surface area (Å²) in [5, 5.41) is 4.01. The molecule has 122 valence electrons. The maximum Gasteiger partial charge on any atom is 0.169 e. The minimum Gasteiger partial charge on any atom is -0.496 e. The predicted molar refractivity (Wildman–Crippen MR) is 89.7 cm³/mol. The van der Waals surface area contributed by atoms with Crippen LogP contribution in [0.2, 0.25) is 0 Å². The second kappa shape index (κ2) is 8.08. The molecule has 0 saturated carbocycles. The van der Waals surface area contributed by atoms with Crippen LogP contribution in [0.3, 0.4) is 0 Å². The Bertz CT molecular complexity index is 683. The van der Waals surface area contributed by atoms with Gasteiger partial charge in [-0.05, 0) is 31.2 Å². The van der Waals surface area contributed by atoms with E-state index in [-0.39, 0.29) is 0 Å². The van der Waals surface area contributed by atoms with E-state index in [2.05, 4.69) is 5.16 Å². The quantitative estimate of drug-likeness (QED) is 0.579. The number of benzene rings is 2. The fourth-order valence-electron chi connectivity index (χ4n) is 2.23. The maximum absolute atomic E-state index is 5.39. The van der Waals surface area contributed by atoms with Gasteiger partial charge in [-0.3, -0.25) is 0 Å². The van der Waals surface area contributed by atoms with Crippen LogP contribution in [-0.2, 0) is 11.4 Å². The van der Waals surface area contributed by atoms with E-state index in [0.717, 1.165) is 22.4 Å². The van der Waals surface area contributed by atoms with Gasteiger partial charge in [0.05, 0.1) is 27.5 Å². The van der Waals surface area contributed by atoms with Crippen LogP contribution < -0.4 is 14.2 Å². The summed E-state index contributed by atoms with van der Waals surface area (Å²) < 4.78 is 15.9. The maximum atomic E-state index is 5.39. The van der Waals surface area contributed by atoms with E-state index in [1.807, 2.05) is 43.3 Å². The molecular formula is C18H21NO4. The first kappa shape index (κ1) is 16.7. The molecule has 0 atom stereocenters. The third-order valence-electron chi connectivity index (χ3n) is 3.36. The molecule has 0 aliphatic rings. The van der Waals surface area contributed by atoms with E-state index in [9.17, 15) is 0 Å². The monoisotopic (exact) mass is 315 g/mol. The average molecular weight is 315 g/mol. The van der Waals surface area contributed by atoms with Gasteiger partial charge in [0.1, 0.15) is 12.4 Å². The lowest BCUT2D eigenvalue weighted by Crippen LogP contribution is -1.97. The van der Waals surface area contributed by atoms with Gasteiger partial charge in [-0.15, -0.1) is 0 Å². The molecule has 23 heavy (non-hydrogen) atoms. The lowest BCUT2D eigenvalue weighted by Gasteiger charge is -2.10. The fraction of sp³-hybridized carbons (Fsp3) is 0.278. The first-order valence-electron chi connectivity index (χ1n) is 7.19. The highest BCUT2D eigenvalue weighted by atomic mass is 16.6. The third-order valence-corrected chi connectivity index (χ3v) is 3.36. The molecule has 5 nitrogen and oxygen atoms in total. The van der Waals surface area contributed by atoms with Gasteiger partial charge in [-0.25, -0.2) is 0 Å². The molecule has 0 aromatic heterocycles. The molecule has 5 heteroatoms. The number of oxime groups is 1. The molecule has 0 fully saturated rings. The van der Waals surface area contributed by atoms with Gasteiger partial charge >= 0.3 is 0 Å². The van der Waals surface area contributed by atoms with Crippen molar-refractivity contribution < 1.29 is 19.0 Å². The molecule has 0 unspecified atom stereocenters. The molecule has 0 aliphatic heterocycles. The number of para-hydroxylation sites is 1. The molecule has 2 aromatic carbocycles. The highest BCUT2D eigenvalue weighted by molar-refractivity contribution is 5.84. The number of methoxy groups -OCH3 is 3. The number of rotatable bonds is 7. The van der Waals surface area contributed by atoms with E-state index in [0.29, 0.717) is 18.1 Å².